The number of methoxy groups -OCH3 is 1. The van der Waals surface area contributed by atoms with Gasteiger partial charge in [-0.05, 0) is 48.7 Å². The first kappa shape index (κ1) is 20.1. The number of hydrogen-bond donors (Lipinski definition) is 2. The van der Waals surface area contributed by atoms with Crippen molar-refractivity contribution < 1.29 is 17.9 Å². The Labute approximate surface area is 158 Å². The molecule has 2 rings (SSSR count). The van der Waals surface area contributed by atoms with Crippen LogP contribution in [0.25, 0.3) is 0 Å². The lowest BCUT2D eigenvalue weighted by Gasteiger charge is -2.09. The second-order valence-corrected chi connectivity index (χ2v) is 7.94. The van der Waals surface area contributed by atoms with Crippen molar-refractivity contribution in [1.82, 2.24) is 5.32 Å². The summed E-state index contributed by atoms with van der Waals surface area (Å²) in [5.41, 5.74) is 1.75. The predicted octanol–water partition coefficient (Wildman–Crippen LogP) is 3.08. The second kappa shape index (κ2) is 8.91. The topological polar surface area (TPSA) is 84.5 Å². The van der Waals surface area contributed by atoms with Crippen LogP contribution in [0.15, 0.2) is 42.5 Å². The van der Waals surface area contributed by atoms with Crippen LogP contribution in [-0.2, 0) is 16.4 Å². The molecule has 0 aliphatic carbocycles. The first-order chi connectivity index (χ1) is 12.3. The Morgan fingerprint density at radius 1 is 1.19 bits per heavy atom. The average Bonchev–Trinajstić information content (AvgIpc) is 2.59. The van der Waals surface area contributed by atoms with E-state index in [4.69, 9.17) is 16.3 Å². The van der Waals surface area contributed by atoms with Crippen molar-refractivity contribution in [2.45, 2.75) is 12.8 Å². The van der Waals surface area contributed by atoms with Gasteiger partial charge in [-0.3, -0.25) is 9.52 Å². The Morgan fingerprint density at radius 2 is 1.96 bits per heavy atom. The molecule has 2 aromatic carbocycles. The summed E-state index contributed by atoms with van der Waals surface area (Å²) in [6.45, 7) is 0.511. The van der Waals surface area contributed by atoms with Gasteiger partial charge in [0.15, 0.2) is 0 Å². The lowest BCUT2D eigenvalue weighted by molar-refractivity contribution is 0.0953. The summed E-state index contributed by atoms with van der Waals surface area (Å²) in [5, 5.41) is 2.99. The molecule has 0 saturated carbocycles. The summed E-state index contributed by atoms with van der Waals surface area (Å²) >= 11 is 6.03. The van der Waals surface area contributed by atoms with Gasteiger partial charge in [-0.2, -0.15) is 0 Å². The van der Waals surface area contributed by atoms with E-state index in [0.717, 1.165) is 30.4 Å². The van der Waals surface area contributed by atoms with E-state index < -0.39 is 10.0 Å². The Bertz CT molecular complexity index is 885. The van der Waals surface area contributed by atoms with Crippen LogP contribution in [0, 0.1) is 0 Å². The van der Waals surface area contributed by atoms with E-state index in [9.17, 15) is 13.2 Å². The number of sulfonamides is 1. The second-order valence-electron chi connectivity index (χ2n) is 5.78. The van der Waals surface area contributed by atoms with Gasteiger partial charge in [0.1, 0.15) is 5.75 Å². The van der Waals surface area contributed by atoms with Crippen LogP contribution >= 0.6 is 11.6 Å². The molecule has 6 nitrogen and oxygen atoms in total. The summed E-state index contributed by atoms with van der Waals surface area (Å²) in [4.78, 5) is 12.2. The van der Waals surface area contributed by atoms with E-state index in [1.165, 1.54) is 18.2 Å². The molecule has 140 valence electrons. The molecule has 0 aliphatic rings. The van der Waals surface area contributed by atoms with Gasteiger partial charge in [-0.25, -0.2) is 8.42 Å². The van der Waals surface area contributed by atoms with Gasteiger partial charge >= 0.3 is 0 Å². The average molecular weight is 397 g/mol. The number of carbonyl (C=O) groups is 1. The van der Waals surface area contributed by atoms with Gasteiger partial charge in [-0.15, -0.1) is 0 Å². The molecule has 0 fully saturated rings. The molecule has 0 unspecified atom stereocenters. The van der Waals surface area contributed by atoms with Gasteiger partial charge < -0.3 is 10.1 Å². The molecule has 0 aromatic heterocycles. The number of amides is 1. The van der Waals surface area contributed by atoms with Gasteiger partial charge in [0, 0.05) is 12.1 Å². The molecule has 0 radical (unpaired) electrons. The Balaban J connectivity index is 1.86. The molecular formula is C18H21ClN2O4S. The number of benzene rings is 2. The zero-order valence-corrected chi connectivity index (χ0v) is 16.2. The van der Waals surface area contributed by atoms with E-state index in [1.54, 1.807) is 7.11 Å². The van der Waals surface area contributed by atoms with E-state index in [1.807, 2.05) is 24.3 Å². The van der Waals surface area contributed by atoms with Crippen LogP contribution in [0.1, 0.15) is 22.3 Å². The van der Waals surface area contributed by atoms with Crippen molar-refractivity contribution in [2.75, 3.05) is 24.6 Å². The fourth-order valence-corrected chi connectivity index (χ4v) is 3.22. The monoisotopic (exact) mass is 396 g/mol. The highest BCUT2D eigenvalue weighted by Gasteiger charge is 2.11. The van der Waals surface area contributed by atoms with Gasteiger partial charge in [0.2, 0.25) is 10.0 Å². The molecule has 0 heterocycles. The molecule has 0 bridgehead atoms. The third-order valence-corrected chi connectivity index (χ3v) is 4.49. The Kier molecular flexibility index (Phi) is 6.88. The molecule has 26 heavy (non-hydrogen) atoms. The minimum atomic E-state index is -3.43. The zero-order valence-electron chi connectivity index (χ0n) is 14.6. The number of carbonyl (C=O) groups excluding carboxylic acids is 1. The maximum absolute atomic E-state index is 12.2. The summed E-state index contributed by atoms with van der Waals surface area (Å²) in [5.74, 6) is 0.549. The minimum Gasteiger partial charge on any atom is -0.497 e. The van der Waals surface area contributed by atoms with Crippen molar-refractivity contribution in [3.8, 4) is 5.75 Å². The molecular weight excluding hydrogens is 376 g/mol. The maximum Gasteiger partial charge on any atom is 0.251 e. The first-order valence-corrected chi connectivity index (χ1v) is 10.2. The third kappa shape index (κ3) is 6.24. The Hall–Kier alpha value is -2.25. The van der Waals surface area contributed by atoms with Gasteiger partial charge in [0.25, 0.3) is 5.91 Å². The maximum atomic E-state index is 12.2. The number of anilines is 1. The SMILES string of the molecule is COc1cccc(CCCNC(=O)c2ccc(NS(C)(=O)=O)c(Cl)c2)c1. The summed E-state index contributed by atoms with van der Waals surface area (Å²) in [6.07, 6.45) is 2.63. The number of ether oxygens (including phenoxy) is 1. The normalized spacial score (nSPS) is 11.0. The van der Waals surface area contributed by atoms with E-state index in [0.29, 0.717) is 12.1 Å². The fraction of sp³-hybridized carbons (Fsp3) is 0.278. The lowest BCUT2D eigenvalue weighted by atomic mass is 10.1. The fourth-order valence-electron chi connectivity index (χ4n) is 2.36. The van der Waals surface area contributed by atoms with E-state index >= 15 is 0 Å². The van der Waals surface area contributed by atoms with Crippen LogP contribution in [0.2, 0.25) is 5.02 Å². The van der Waals surface area contributed by atoms with Gasteiger partial charge in [0.05, 0.1) is 24.1 Å². The van der Waals surface area contributed by atoms with Crippen molar-refractivity contribution in [2.24, 2.45) is 0 Å². The van der Waals surface area contributed by atoms with Crippen LogP contribution in [0.4, 0.5) is 5.69 Å². The largest absolute Gasteiger partial charge is 0.497 e. The molecule has 8 heteroatoms. The molecule has 0 spiro atoms. The highest BCUT2D eigenvalue weighted by Crippen LogP contribution is 2.23. The molecule has 0 aliphatic heterocycles. The van der Waals surface area contributed by atoms with E-state index in [-0.39, 0.29) is 16.6 Å². The van der Waals surface area contributed by atoms with Crippen molar-refractivity contribution in [3.05, 3.63) is 58.6 Å². The molecule has 1 amide bonds. The number of halogens is 1. The predicted molar refractivity (Wildman–Crippen MR) is 104 cm³/mol. The molecule has 2 N–H and O–H groups in total. The van der Waals surface area contributed by atoms with Crippen molar-refractivity contribution >= 4 is 33.2 Å². The zero-order chi connectivity index (χ0) is 19.2. The number of hydrogen-bond acceptors (Lipinski definition) is 4. The smallest absolute Gasteiger partial charge is 0.251 e. The highest BCUT2D eigenvalue weighted by atomic mass is 35.5. The Morgan fingerprint density at radius 3 is 2.62 bits per heavy atom. The summed E-state index contributed by atoms with van der Waals surface area (Å²) in [6, 6.07) is 12.2. The minimum absolute atomic E-state index is 0.166. The molecule has 2 aromatic rings. The van der Waals surface area contributed by atoms with E-state index in [2.05, 4.69) is 10.0 Å². The standard InChI is InChI=1S/C18H21ClN2O4S/c1-25-15-7-3-5-13(11-15)6-4-10-20-18(22)14-8-9-17(16(19)12-14)21-26(2,23)24/h3,5,7-9,11-12,21H,4,6,10H2,1-2H3,(H,20,22). The molecule has 0 atom stereocenters. The number of nitrogens with one attached hydrogen (secondary N) is 2. The number of aryl methyl sites for hydroxylation is 1. The van der Waals surface area contributed by atoms with Crippen LogP contribution in [0.5, 0.6) is 5.75 Å². The summed E-state index contributed by atoms with van der Waals surface area (Å²) in [7, 11) is -1.80. The number of rotatable bonds is 8. The summed E-state index contributed by atoms with van der Waals surface area (Å²) < 4.78 is 30.0. The molecule has 0 saturated heterocycles. The van der Waals surface area contributed by atoms with Crippen LogP contribution in [0.3, 0.4) is 0 Å². The quantitative estimate of drug-likeness (QED) is 0.671. The first-order valence-electron chi connectivity index (χ1n) is 7.97. The van der Waals surface area contributed by atoms with Crippen molar-refractivity contribution in [3.63, 3.8) is 0 Å². The van der Waals surface area contributed by atoms with Crippen LogP contribution < -0.4 is 14.8 Å². The van der Waals surface area contributed by atoms with Gasteiger partial charge in [-0.1, -0.05) is 23.7 Å². The third-order valence-electron chi connectivity index (χ3n) is 3.59. The van der Waals surface area contributed by atoms with Crippen LogP contribution in [-0.4, -0.2) is 34.2 Å². The van der Waals surface area contributed by atoms with Crippen molar-refractivity contribution in [1.29, 1.82) is 0 Å². The highest BCUT2D eigenvalue weighted by molar-refractivity contribution is 7.92. The lowest BCUT2D eigenvalue weighted by Crippen LogP contribution is -2.24.